The van der Waals surface area contributed by atoms with E-state index in [0.717, 1.165) is 12.8 Å². The van der Waals surface area contributed by atoms with Gasteiger partial charge in [0.05, 0.1) is 6.61 Å². The molecule has 0 saturated heterocycles. The number of carbonyl (C=O) groups is 1. The van der Waals surface area contributed by atoms with Gasteiger partial charge in [-0.1, -0.05) is 13.3 Å². The van der Waals surface area contributed by atoms with Crippen LogP contribution < -0.4 is 0 Å². The molecule has 0 aliphatic heterocycles. The predicted octanol–water partition coefficient (Wildman–Crippen LogP) is 0.420. The number of hydrogen-bond acceptors (Lipinski definition) is 4. The second kappa shape index (κ2) is 10.4. The number of unbranched alkanes of at least 4 members (excludes halogenated alkanes) is 1. The third-order valence-corrected chi connectivity index (χ3v) is 0.803. The van der Waals surface area contributed by atoms with Crippen LogP contribution in [0.1, 0.15) is 26.7 Å². The highest BCUT2D eigenvalue weighted by molar-refractivity contribution is 7.66. The van der Waals surface area contributed by atoms with Gasteiger partial charge in [-0.25, -0.2) is 8.42 Å². The normalized spacial score (nSPS) is 8.67. The first-order valence-electron chi connectivity index (χ1n) is 3.47. The lowest BCUT2D eigenvalue weighted by atomic mass is 10.4. The van der Waals surface area contributed by atoms with Crippen LogP contribution in [0.2, 0.25) is 0 Å². The van der Waals surface area contributed by atoms with Crippen LogP contribution in [0, 0.1) is 0 Å². The molecule has 0 atom stereocenters. The van der Waals surface area contributed by atoms with Crippen LogP contribution in [0.15, 0.2) is 0 Å². The first-order valence-corrected chi connectivity index (χ1v) is 4.60. The molecular weight excluding hydrogens is 184 g/mol. The second-order valence-electron chi connectivity index (χ2n) is 1.93. The van der Waals surface area contributed by atoms with Gasteiger partial charge in [-0.05, 0) is 6.42 Å². The summed E-state index contributed by atoms with van der Waals surface area (Å²) in [6, 6.07) is 0. The number of carbonyl (C=O) groups excluding carboxylic acids is 1. The molecule has 0 aromatic carbocycles. The van der Waals surface area contributed by atoms with Crippen LogP contribution in [0.25, 0.3) is 0 Å². The fourth-order valence-electron chi connectivity index (χ4n) is 0.360. The fourth-order valence-corrected chi connectivity index (χ4v) is 0.360. The average molecular weight is 198 g/mol. The van der Waals surface area contributed by atoms with Gasteiger partial charge in [0.2, 0.25) is 0 Å². The van der Waals surface area contributed by atoms with Crippen molar-refractivity contribution in [3.63, 3.8) is 0 Å². The van der Waals surface area contributed by atoms with Crippen molar-refractivity contribution in [3.05, 3.63) is 0 Å². The van der Waals surface area contributed by atoms with E-state index in [1.54, 1.807) is 0 Å². The highest BCUT2D eigenvalue weighted by Crippen LogP contribution is 1.86. The molecule has 0 rings (SSSR count). The van der Waals surface area contributed by atoms with Crippen molar-refractivity contribution in [1.29, 1.82) is 0 Å². The number of thiol groups is 1. The molecule has 0 aromatic heterocycles. The van der Waals surface area contributed by atoms with Crippen molar-refractivity contribution >= 4 is 17.0 Å². The molecule has 0 radical (unpaired) electrons. The Labute approximate surface area is 73.5 Å². The van der Waals surface area contributed by atoms with E-state index in [-0.39, 0.29) is 5.97 Å². The van der Waals surface area contributed by atoms with E-state index in [1.165, 1.54) is 6.92 Å². The molecule has 0 spiro atoms. The molecule has 0 aliphatic rings. The Morgan fingerprint density at radius 3 is 2.17 bits per heavy atom. The molecule has 0 unspecified atom stereocenters. The quantitative estimate of drug-likeness (QED) is 0.297. The molecule has 6 heteroatoms. The summed E-state index contributed by atoms with van der Waals surface area (Å²) in [4.78, 5) is 10.1. The van der Waals surface area contributed by atoms with E-state index < -0.39 is 11.0 Å². The number of hydrogen-bond donors (Lipinski definition) is 2. The Morgan fingerprint density at radius 1 is 1.50 bits per heavy atom. The molecular formula is C6H14O5S. The SMILES string of the molecule is CCCCOC(C)=O.O=[SH](=O)O. The Balaban J connectivity index is 0. The van der Waals surface area contributed by atoms with E-state index in [1.807, 2.05) is 0 Å². The Morgan fingerprint density at radius 2 is 1.92 bits per heavy atom. The van der Waals surface area contributed by atoms with Crippen molar-refractivity contribution in [2.75, 3.05) is 6.61 Å². The van der Waals surface area contributed by atoms with Gasteiger partial charge in [-0.15, -0.1) is 0 Å². The zero-order valence-corrected chi connectivity index (χ0v) is 8.04. The summed E-state index contributed by atoms with van der Waals surface area (Å²) in [6.07, 6.45) is 2.05. The Kier molecular flexibility index (Phi) is 12.1. The van der Waals surface area contributed by atoms with Crippen LogP contribution >= 0.6 is 0 Å². The molecule has 0 amide bonds. The van der Waals surface area contributed by atoms with E-state index >= 15 is 0 Å². The minimum absolute atomic E-state index is 0.182. The fraction of sp³-hybridized carbons (Fsp3) is 0.833. The maximum absolute atomic E-state index is 10.1. The van der Waals surface area contributed by atoms with Gasteiger partial charge in [0.1, 0.15) is 0 Å². The summed E-state index contributed by atoms with van der Waals surface area (Å²) in [5, 5.41) is 0. The monoisotopic (exact) mass is 198 g/mol. The van der Waals surface area contributed by atoms with Gasteiger partial charge in [0, 0.05) is 6.92 Å². The number of esters is 1. The molecule has 0 saturated carbocycles. The third-order valence-electron chi connectivity index (χ3n) is 0.803. The van der Waals surface area contributed by atoms with Crippen LogP contribution in [-0.4, -0.2) is 25.5 Å². The molecule has 0 aliphatic carbocycles. The summed E-state index contributed by atoms with van der Waals surface area (Å²) < 4.78 is 28.8. The highest BCUT2D eigenvalue weighted by atomic mass is 32.2. The summed E-state index contributed by atoms with van der Waals surface area (Å²) in [6.45, 7) is 4.06. The average Bonchev–Trinajstić information content (AvgIpc) is 1.86. The van der Waals surface area contributed by atoms with E-state index in [9.17, 15) is 4.79 Å². The lowest BCUT2D eigenvalue weighted by Crippen LogP contribution is -1.99. The van der Waals surface area contributed by atoms with Crippen molar-refractivity contribution in [3.8, 4) is 0 Å². The number of ether oxygens (including phenoxy) is 1. The molecule has 0 aromatic rings. The van der Waals surface area contributed by atoms with Crippen molar-refractivity contribution in [1.82, 2.24) is 0 Å². The lowest BCUT2D eigenvalue weighted by molar-refractivity contribution is -0.141. The maximum atomic E-state index is 10.1. The summed E-state index contributed by atoms with van der Waals surface area (Å²) in [5.41, 5.74) is 0. The summed E-state index contributed by atoms with van der Waals surface area (Å²) in [7, 11) is -3.12. The van der Waals surface area contributed by atoms with Crippen LogP contribution in [0.5, 0.6) is 0 Å². The highest BCUT2D eigenvalue weighted by Gasteiger charge is 1.88. The number of rotatable bonds is 3. The van der Waals surface area contributed by atoms with Gasteiger partial charge < -0.3 is 4.74 Å². The van der Waals surface area contributed by atoms with Crippen molar-refractivity contribution < 1.29 is 22.5 Å². The molecule has 5 nitrogen and oxygen atoms in total. The largest absolute Gasteiger partial charge is 0.466 e. The predicted molar refractivity (Wildman–Crippen MR) is 44.5 cm³/mol. The smallest absolute Gasteiger partial charge is 0.302 e. The first-order chi connectivity index (χ1) is 5.50. The van der Waals surface area contributed by atoms with Crippen LogP contribution in [0.3, 0.4) is 0 Å². The van der Waals surface area contributed by atoms with E-state index in [0.29, 0.717) is 6.61 Å². The van der Waals surface area contributed by atoms with Crippen LogP contribution in [0.4, 0.5) is 0 Å². The minimum atomic E-state index is -3.12. The van der Waals surface area contributed by atoms with Gasteiger partial charge in [-0.3, -0.25) is 9.35 Å². The van der Waals surface area contributed by atoms with Crippen molar-refractivity contribution in [2.45, 2.75) is 26.7 Å². The van der Waals surface area contributed by atoms with Crippen molar-refractivity contribution in [2.24, 2.45) is 0 Å². The van der Waals surface area contributed by atoms with Gasteiger partial charge in [0.15, 0.2) is 0 Å². The zero-order valence-electron chi connectivity index (χ0n) is 7.15. The molecule has 0 fully saturated rings. The standard InChI is InChI=1S/C6H12O2.H2O3S/c1-3-4-5-8-6(2)7;1-4(2)3/h3-5H2,1-2H3;4H,(H,1,2,3). The molecule has 1 N–H and O–H groups in total. The van der Waals surface area contributed by atoms with E-state index in [4.69, 9.17) is 13.0 Å². The second-order valence-corrected chi connectivity index (χ2v) is 2.41. The zero-order chi connectivity index (χ0) is 9.98. The minimum Gasteiger partial charge on any atom is -0.466 e. The topological polar surface area (TPSA) is 80.7 Å². The Hall–Kier alpha value is -0.620. The van der Waals surface area contributed by atoms with Crippen LogP contribution in [-0.2, 0) is 20.5 Å². The molecule has 0 bridgehead atoms. The first kappa shape index (κ1) is 13.9. The van der Waals surface area contributed by atoms with Gasteiger partial charge in [-0.2, -0.15) is 0 Å². The maximum Gasteiger partial charge on any atom is 0.302 e. The molecule has 74 valence electrons. The lowest BCUT2D eigenvalue weighted by Gasteiger charge is -1.96. The van der Waals surface area contributed by atoms with Gasteiger partial charge >= 0.3 is 5.97 Å². The van der Waals surface area contributed by atoms with Gasteiger partial charge in [0.25, 0.3) is 11.0 Å². The molecule has 0 heterocycles. The summed E-state index contributed by atoms with van der Waals surface area (Å²) >= 11 is 0. The third kappa shape index (κ3) is 34.3. The summed E-state index contributed by atoms with van der Waals surface area (Å²) in [5.74, 6) is -0.182. The Bertz CT molecular complexity index is 167. The van der Waals surface area contributed by atoms with E-state index in [2.05, 4.69) is 11.7 Å². The molecule has 12 heavy (non-hydrogen) atoms.